The first-order chi connectivity index (χ1) is 12.0. The molecule has 1 amide bonds. The summed E-state index contributed by atoms with van der Waals surface area (Å²) in [4.78, 5) is 18.7. The molecule has 2 heterocycles. The van der Waals surface area contributed by atoms with Gasteiger partial charge in [0.15, 0.2) is 5.82 Å². The number of nitrogens with one attached hydrogen (secondary N) is 1. The number of rotatable bonds is 5. The van der Waals surface area contributed by atoms with Gasteiger partial charge in [0.25, 0.3) is 0 Å². The van der Waals surface area contributed by atoms with E-state index in [4.69, 9.17) is 20.9 Å². The first kappa shape index (κ1) is 17.7. The number of halogens is 1. The van der Waals surface area contributed by atoms with Crippen molar-refractivity contribution in [1.29, 1.82) is 0 Å². The Hall–Kier alpha value is -2.12. The molecule has 0 atom stereocenters. The molecule has 0 unspecified atom stereocenters. The third-order valence-electron chi connectivity index (χ3n) is 4.28. The third kappa shape index (κ3) is 4.49. The smallest absolute Gasteiger partial charge is 0.238 e. The summed E-state index contributed by atoms with van der Waals surface area (Å²) < 4.78 is 10.4. The molecule has 1 saturated heterocycles. The lowest BCUT2D eigenvalue weighted by atomic mass is 9.97. The Morgan fingerprint density at radius 3 is 2.80 bits per heavy atom. The standard InChI is InChI=1S/C17H21ClN4O3/c1-11-19-17(25-21-11)12-5-7-22(8-6-12)10-16(23)20-13-3-4-15(24-2)14(18)9-13/h3-4,9,12H,5-8,10H2,1-2H3,(H,20,23). The van der Waals surface area contributed by atoms with Crippen LogP contribution in [0.1, 0.15) is 30.5 Å². The molecule has 1 N–H and O–H groups in total. The average Bonchev–Trinajstić information content (AvgIpc) is 3.02. The van der Waals surface area contributed by atoms with E-state index < -0.39 is 0 Å². The summed E-state index contributed by atoms with van der Waals surface area (Å²) in [6.07, 6.45) is 1.81. The van der Waals surface area contributed by atoms with Gasteiger partial charge in [0.05, 0.1) is 18.7 Å². The van der Waals surface area contributed by atoms with Crippen LogP contribution in [-0.4, -0.2) is 47.7 Å². The van der Waals surface area contributed by atoms with Crippen molar-refractivity contribution in [3.8, 4) is 5.75 Å². The molecule has 7 nitrogen and oxygen atoms in total. The predicted molar refractivity (Wildman–Crippen MR) is 94.1 cm³/mol. The Morgan fingerprint density at radius 2 is 2.20 bits per heavy atom. The summed E-state index contributed by atoms with van der Waals surface area (Å²) in [5, 5.41) is 7.18. The molecule has 1 aliphatic rings. The maximum absolute atomic E-state index is 12.2. The highest BCUT2D eigenvalue weighted by Gasteiger charge is 2.25. The van der Waals surface area contributed by atoms with Crippen LogP contribution in [0.3, 0.4) is 0 Å². The molecule has 1 aliphatic heterocycles. The molecule has 8 heteroatoms. The van der Waals surface area contributed by atoms with Crippen LogP contribution in [-0.2, 0) is 4.79 Å². The molecule has 0 bridgehead atoms. The minimum atomic E-state index is -0.0617. The molecule has 0 spiro atoms. The highest BCUT2D eigenvalue weighted by atomic mass is 35.5. The average molecular weight is 365 g/mol. The Bertz CT molecular complexity index is 741. The zero-order chi connectivity index (χ0) is 17.8. The molecule has 0 saturated carbocycles. The minimum absolute atomic E-state index is 0.0617. The zero-order valence-electron chi connectivity index (χ0n) is 14.3. The number of aryl methyl sites for hydroxylation is 1. The van der Waals surface area contributed by atoms with Crippen molar-refractivity contribution in [2.45, 2.75) is 25.7 Å². The maximum atomic E-state index is 12.2. The van der Waals surface area contributed by atoms with E-state index in [0.29, 0.717) is 34.7 Å². The van der Waals surface area contributed by atoms with Gasteiger partial charge in [-0.1, -0.05) is 16.8 Å². The van der Waals surface area contributed by atoms with Crippen LogP contribution in [0.4, 0.5) is 5.69 Å². The molecule has 25 heavy (non-hydrogen) atoms. The monoisotopic (exact) mass is 364 g/mol. The van der Waals surface area contributed by atoms with Crippen molar-refractivity contribution in [2.75, 3.05) is 32.1 Å². The molecule has 0 aliphatic carbocycles. The summed E-state index contributed by atoms with van der Waals surface area (Å²) in [6, 6.07) is 5.19. The number of hydrogen-bond acceptors (Lipinski definition) is 6. The van der Waals surface area contributed by atoms with Gasteiger partial charge in [-0.25, -0.2) is 0 Å². The highest BCUT2D eigenvalue weighted by molar-refractivity contribution is 6.32. The fourth-order valence-electron chi connectivity index (χ4n) is 2.96. The number of likely N-dealkylation sites (tertiary alicyclic amines) is 1. The molecular weight excluding hydrogens is 344 g/mol. The molecule has 134 valence electrons. The van der Waals surface area contributed by atoms with Crippen LogP contribution >= 0.6 is 11.6 Å². The van der Waals surface area contributed by atoms with Gasteiger partial charge in [0, 0.05) is 11.6 Å². The van der Waals surface area contributed by atoms with Crippen molar-refractivity contribution in [2.24, 2.45) is 0 Å². The topological polar surface area (TPSA) is 80.5 Å². The number of benzene rings is 1. The van der Waals surface area contributed by atoms with E-state index in [0.717, 1.165) is 25.9 Å². The van der Waals surface area contributed by atoms with Gasteiger partial charge >= 0.3 is 0 Å². The number of methoxy groups -OCH3 is 1. The Kier molecular flexibility index (Phi) is 5.55. The second-order valence-corrected chi connectivity index (χ2v) is 6.53. The van der Waals surface area contributed by atoms with Crippen LogP contribution in [0.15, 0.2) is 22.7 Å². The van der Waals surface area contributed by atoms with Crippen LogP contribution in [0.5, 0.6) is 5.75 Å². The number of nitrogens with zero attached hydrogens (tertiary/aromatic N) is 3. The van der Waals surface area contributed by atoms with Crippen molar-refractivity contribution in [1.82, 2.24) is 15.0 Å². The number of carbonyl (C=O) groups is 1. The van der Waals surface area contributed by atoms with E-state index in [9.17, 15) is 4.79 Å². The number of amides is 1. The third-order valence-corrected chi connectivity index (χ3v) is 4.58. The molecular formula is C17H21ClN4O3. The molecule has 1 aromatic carbocycles. The molecule has 0 radical (unpaired) electrons. The van der Waals surface area contributed by atoms with Gasteiger partial charge in [-0.05, 0) is 51.1 Å². The van der Waals surface area contributed by atoms with Crippen LogP contribution in [0.2, 0.25) is 5.02 Å². The molecule has 3 rings (SSSR count). The van der Waals surface area contributed by atoms with Gasteiger partial charge in [0.1, 0.15) is 5.75 Å². The maximum Gasteiger partial charge on any atom is 0.238 e. The van der Waals surface area contributed by atoms with Gasteiger partial charge in [-0.2, -0.15) is 4.98 Å². The Labute approximate surface area is 151 Å². The number of ether oxygens (including phenoxy) is 1. The largest absolute Gasteiger partial charge is 0.495 e. The second-order valence-electron chi connectivity index (χ2n) is 6.13. The van der Waals surface area contributed by atoms with Crippen molar-refractivity contribution >= 4 is 23.2 Å². The predicted octanol–water partition coefficient (Wildman–Crippen LogP) is 2.86. The molecule has 1 aromatic heterocycles. The van der Waals surface area contributed by atoms with Gasteiger partial charge in [-0.3, -0.25) is 9.69 Å². The first-order valence-electron chi connectivity index (χ1n) is 8.21. The van der Waals surface area contributed by atoms with E-state index in [1.807, 2.05) is 6.92 Å². The van der Waals surface area contributed by atoms with Crippen molar-refractivity contribution in [3.05, 3.63) is 34.9 Å². The molecule has 1 fully saturated rings. The quantitative estimate of drug-likeness (QED) is 0.878. The van der Waals surface area contributed by atoms with E-state index in [1.165, 1.54) is 0 Å². The number of aromatic nitrogens is 2. The highest BCUT2D eigenvalue weighted by Crippen LogP contribution is 2.28. The summed E-state index contributed by atoms with van der Waals surface area (Å²) in [7, 11) is 1.55. The number of carbonyl (C=O) groups excluding carboxylic acids is 1. The van der Waals surface area contributed by atoms with Gasteiger partial charge < -0.3 is 14.6 Å². The first-order valence-corrected chi connectivity index (χ1v) is 8.59. The van der Waals surface area contributed by atoms with Gasteiger partial charge in [0.2, 0.25) is 11.8 Å². The fourth-order valence-corrected chi connectivity index (χ4v) is 3.22. The van der Waals surface area contributed by atoms with E-state index >= 15 is 0 Å². The number of hydrogen-bond donors (Lipinski definition) is 1. The van der Waals surface area contributed by atoms with E-state index in [2.05, 4.69) is 20.4 Å². The SMILES string of the molecule is COc1ccc(NC(=O)CN2CCC(c3nc(C)no3)CC2)cc1Cl. The van der Waals surface area contributed by atoms with Crippen LogP contribution < -0.4 is 10.1 Å². The number of piperidine rings is 1. The normalized spacial score (nSPS) is 16.0. The number of anilines is 1. The second kappa shape index (κ2) is 7.84. The van der Waals surface area contributed by atoms with Crippen molar-refractivity contribution in [3.63, 3.8) is 0 Å². The Balaban J connectivity index is 1.48. The lowest BCUT2D eigenvalue weighted by molar-refractivity contribution is -0.117. The summed E-state index contributed by atoms with van der Waals surface area (Å²) in [6.45, 7) is 3.81. The fraction of sp³-hybridized carbons (Fsp3) is 0.471. The minimum Gasteiger partial charge on any atom is -0.495 e. The lowest BCUT2D eigenvalue weighted by Gasteiger charge is -2.29. The van der Waals surface area contributed by atoms with Crippen LogP contribution in [0, 0.1) is 6.92 Å². The lowest BCUT2D eigenvalue weighted by Crippen LogP contribution is -2.38. The Morgan fingerprint density at radius 1 is 1.44 bits per heavy atom. The van der Waals surface area contributed by atoms with Gasteiger partial charge in [-0.15, -0.1) is 0 Å². The van der Waals surface area contributed by atoms with E-state index in [1.54, 1.807) is 25.3 Å². The summed E-state index contributed by atoms with van der Waals surface area (Å²) >= 11 is 6.07. The summed E-state index contributed by atoms with van der Waals surface area (Å²) in [5.74, 6) is 2.16. The summed E-state index contributed by atoms with van der Waals surface area (Å²) in [5.41, 5.74) is 0.659. The zero-order valence-corrected chi connectivity index (χ0v) is 15.0. The molecule has 2 aromatic rings. The van der Waals surface area contributed by atoms with E-state index in [-0.39, 0.29) is 11.8 Å². The van der Waals surface area contributed by atoms with Crippen LogP contribution in [0.25, 0.3) is 0 Å². The van der Waals surface area contributed by atoms with Crippen molar-refractivity contribution < 1.29 is 14.1 Å².